The zero-order chi connectivity index (χ0) is 14.2. The van der Waals surface area contributed by atoms with Gasteiger partial charge in [0.2, 0.25) is 17.7 Å². The summed E-state index contributed by atoms with van der Waals surface area (Å²) in [7, 11) is 1.76. The number of hydrogen-bond acceptors (Lipinski definition) is 4. The summed E-state index contributed by atoms with van der Waals surface area (Å²) in [5.74, 6) is -0.118. The smallest absolute Gasteiger partial charge is 0.247 e. The molecule has 2 aliphatic rings. The summed E-state index contributed by atoms with van der Waals surface area (Å²) in [6.45, 7) is 4.27. The van der Waals surface area contributed by atoms with E-state index in [9.17, 15) is 14.4 Å². The van der Waals surface area contributed by atoms with Gasteiger partial charge in [-0.2, -0.15) is 0 Å². The third kappa shape index (κ3) is 2.78. The normalized spacial score (nSPS) is 28.7. The molecular formula is C13H21N3O3. The van der Waals surface area contributed by atoms with Crippen LogP contribution in [0.4, 0.5) is 0 Å². The third-order valence-corrected chi connectivity index (χ3v) is 3.76. The quantitative estimate of drug-likeness (QED) is 0.715. The number of carbonyl (C=O) groups excluding carboxylic acids is 3. The van der Waals surface area contributed by atoms with Crippen LogP contribution in [0.25, 0.3) is 0 Å². The number of imide groups is 1. The lowest BCUT2D eigenvalue weighted by molar-refractivity contribution is -0.140. The highest BCUT2D eigenvalue weighted by Gasteiger charge is 2.41. The van der Waals surface area contributed by atoms with Crippen LogP contribution < -0.4 is 5.32 Å². The Hall–Kier alpha value is -1.43. The van der Waals surface area contributed by atoms with Crippen LogP contribution in [0.2, 0.25) is 0 Å². The topological polar surface area (TPSA) is 69.7 Å². The molecule has 0 bridgehead atoms. The fraction of sp³-hybridized carbons (Fsp3) is 0.769. The summed E-state index contributed by atoms with van der Waals surface area (Å²) in [5.41, 5.74) is 0. The van der Waals surface area contributed by atoms with Gasteiger partial charge in [-0.25, -0.2) is 0 Å². The molecule has 6 nitrogen and oxygen atoms in total. The van der Waals surface area contributed by atoms with Crippen LogP contribution in [0, 0.1) is 0 Å². The second-order valence-electron chi connectivity index (χ2n) is 5.63. The molecule has 19 heavy (non-hydrogen) atoms. The lowest BCUT2D eigenvalue weighted by atomic mass is 10.0. The Morgan fingerprint density at radius 2 is 1.89 bits per heavy atom. The summed E-state index contributed by atoms with van der Waals surface area (Å²) < 4.78 is 0. The standard InChI is InChI=1S/C13H21N3O3/c1-8(2)16-12(18)6-10(13(16)19)14-9-4-5-11(17)15(3)7-9/h8-10,14H,4-7H2,1-3H3. The van der Waals surface area contributed by atoms with Gasteiger partial charge in [0.1, 0.15) is 0 Å². The Morgan fingerprint density at radius 1 is 1.21 bits per heavy atom. The van der Waals surface area contributed by atoms with E-state index < -0.39 is 6.04 Å². The van der Waals surface area contributed by atoms with Crippen molar-refractivity contribution < 1.29 is 14.4 Å². The molecule has 1 N–H and O–H groups in total. The minimum atomic E-state index is -0.429. The van der Waals surface area contributed by atoms with Crippen molar-refractivity contribution in [2.24, 2.45) is 0 Å². The van der Waals surface area contributed by atoms with Crippen molar-refractivity contribution in [3.8, 4) is 0 Å². The molecule has 0 aromatic rings. The maximum atomic E-state index is 12.1. The SMILES string of the molecule is CC(C)N1C(=O)CC(NC2CCC(=O)N(C)C2)C1=O. The van der Waals surface area contributed by atoms with Gasteiger partial charge in [0.15, 0.2) is 0 Å². The molecule has 0 radical (unpaired) electrons. The largest absolute Gasteiger partial charge is 0.344 e. The van der Waals surface area contributed by atoms with E-state index in [4.69, 9.17) is 0 Å². The molecule has 0 spiro atoms. The second-order valence-corrected chi connectivity index (χ2v) is 5.63. The van der Waals surface area contributed by atoms with Crippen molar-refractivity contribution in [3.63, 3.8) is 0 Å². The maximum Gasteiger partial charge on any atom is 0.247 e. The van der Waals surface area contributed by atoms with Gasteiger partial charge in [0.05, 0.1) is 12.5 Å². The number of likely N-dealkylation sites (N-methyl/N-ethyl adjacent to an activating group) is 1. The first-order valence-electron chi connectivity index (χ1n) is 6.76. The number of carbonyl (C=O) groups is 3. The first-order chi connectivity index (χ1) is 8.90. The van der Waals surface area contributed by atoms with Gasteiger partial charge in [-0.1, -0.05) is 0 Å². The first-order valence-corrected chi connectivity index (χ1v) is 6.76. The van der Waals surface area contributed by atoms with E-state index in [1.807, 2.05) is 13.8 Å². The fourth-order valence-corrected chi connectivity index (χ4v) is 2.76. The predicted octanol–water partition coefficient (Wildman–Crippen LogP) is -0.267. The van der Waals surface area contributed by atoms with Crippen molar-refractivity contribution in [1.82, 2.24) is 15.1 Å². The van der Waals surface area contributed by atoms with Crippen molar-refractivity contribution in [2.75, 3.05) is 13.6 Å². The molecular weight excluding hydrogens is 246 g/mol. The van der Waals surface area contributed by atoms with E-state index >= 15 is 0 Å². The zero-order valence-corrected chi connectivity index (χ0v) is 11.7. The molecule has 2 heterocycles. The van der Waals surface area contributed by atoms with E-state index in [1.54, 1.807) is 11.9 Å². The molecule has 2 aliphatic heterocycles. The van der Waals surface area contributed by atoms with Crippen LogP contribution in [-0.2, 0) is 14.4 Å². The lowest BCUT2D eigenvalue weighted by Crippen LogP contribution is -2.52. The van der Waals surface area contributed by atoms with Crippen LogP contribution in [-0.4, -0.2) is 59.2 Å². The molecule has 0 aromatic carbocycles. The van der Waals surface area contributed by atoms with Gasteiger partial charge in [-0.05, 0) is 20.3 Å². The minimum absolute atomic E-state index is 0.0940. The Bertz CT molecular complexity index is 408. The third-order valence-electron chi connectivity index (χ3n) is 3.76. The summed E-state index contributed by atoms with van der Waals surface area (Å²) in [4.78, 5) is 38.3. The molecule has 2 rings (SSSR count). The Labute approximate surface area is 113 Å². The summed E-state index contributed by atoms with van der Waals surface area (Å²) >= 11 is 0. The number of hydrogen-bond donors (Lipinski definition) is 1. The zero-order valence-electron chi connectivity index (χ0n) is 11.7. The van der Waals surface area contributed by atoms with Gasteiger partial charge in [0.25, 0.3) is 0 Å². The molecule has 2 atom stereocenters. The van der Waals surface area contributed by atoms with Crippen LogP contribution in [0.15, 0.2) is 0 Å². The van der Waals surface area contributed by atoms with E-state index in [0.29, 0.717) is 13.0 Å². The van der Waals surface area contributed by atoms with Crippen molar-refractivity contribution in [3.05, 3.63) is 0 Å². The number of nitrogens with one attached hydrogen (secondary N) is 1. The molecule has 0 saturated carbocycles. The van der Waals surface area contributed by atoms with Gasteiger partial charge in [-0.15, -0.1) is 0 Å². The van der Waals surface area contributed by atoms with E-state index in [1.165, 1.54) is 4.90 Å². The average Bonchev–Trinajstić information content (AvgIpc) is 2.59. The lowest BCUT2D eigenvalue weighted by Gasteiger charge is -2.31. The van der Waals surface area contributed by atoms with E-state index in [2.05, 4.69) is 5.32 Å². The minimum Gasteiger partial charge on any atom is -0.344 e. The second kappa shape index (κ2) is 5.28. The first kappa shape index (κ1) is 14.0. The summed E-state index contributed by atoms with van der Waals surface area (Å²) in [6, 6.07) is -0.430. The van der Waals surface area contributed by atoms with Crippen molar-refractivity contribution >= 4 is 17.7 Å². The molecule has 2 fully saturated rings. The number of piperidine rings is 1. The van der Waals surface area contributed by atoms with Crippen molar-refractivity contribution in [2.45, 2.75) is 51.2 Å². The van der Waals surface area contributed by atoms with Gasteiger partial charge < -0.3 is 10.2 Å². The number of likely N-dealkylation sites (tertiary alicyclic amines) is 2. The molecule has 106 valence electrons. The number of nitrogens with zero attached hydrogens (tertiary/aromatic N) is 2. The van der Waals surface area contributed by atoms with Crippen LogP contribution in [0.1, 0.15) is 33.1 Å². The van der Waals surface area contributed by atoms with Gasteiger partial charge >= 0.3 is 0 Å². The number of amides is 3. The van der Waals surface area contributed by atoms with Gasteiger partial charge in [0, 0.05) is 32.1 Å². The maximum absolute atomic E-state index is 12.1. The summed E-state index contributed by atoms with van der Waals surface area (Å²) in [5, 5.41) is 3.23. The highest BCUT2D eigenvalue weighted by atomic mass is 16.2. The van der Waals surface area contributed by atoms with Crippen LogP contribution in [0.3, 0.4) is 0 Å². The fourth-order valence-electron chi connectivity index (χ4n) is 2.76. The van der Waals surface area contributed by atoms with Crippen LogP contribution in [0.5, 0.6) is 0 Å². The summed E-state index contributed by atoms with van der Waals surface area (Å²) in [6.07, 6.45) is 1.45. The molecule has 0 aliphatic carbocycles. The van der Waals surface area contributed by atoms with E-state index in [0.717, 1.165) is 6.42 Å². The Morgan fingerprint density at radius 3 is 2.42 bits per heavy atom. The van der Waals surface area contributed by atoms with E-state index in [-0.39, 0.29) is 36.2 Å². The molecule has 6 heteroatoms. The average molecular weight is 267 g/mol. The van der Waals surface area contributed by atoms with Gasteiger partial charge in [-0.3, -0.25) is 19.3 Å². The monoisotopic (exact) mass is 267 g/mol. The number of rotatable bonds is 3. The van der Waals surface area contributed by atoms with Crippen LogP contribution >= 0.6 is 0 Å². The Kier molecular flexibility index (Phi) is 3.89. The molecule has 3 amide bonds. The predicted molar refractivity (Wildman–Crippen MR) is 69.2 cm³/mol. The molecule has 2 unspecified atom stereocenters. The Balaban J connectivity index is 1.96. The molecule has 0 aromatic heterocycles. The highest BCUT2D eigenvalue weighted by Crippen LogP contribution is 2.18. The van der Waals surface area contributed by atoms with Crippen molar-refractivity contribution in [1.29, 1.82) is 0 Å². The molecule has 2 saturated heterocycles. The highest BCUT2D eigenvalue weighted by molar-refractivity contribution is 6.05.